The molecule has 20 heavy (non-hydrogen) atoms. The molecule has 0 aliphatic carbocycles. The molecule has 0 bridgehead atoms. The highest BCUT2D eigenvalue weighted by atomic mass is 16.2. The van der Waals surface area contributed by atoms with Crippen LogP contribution in [0.5, 0.6) is 0 Å². The third kappa shape index (κ3) is 4.16. The fourth-order valence-electron chi connectivity index (χ4n) is 2.46. The molecule has 0 radical (unpaired) electrons. The van der Waals surface area contributed by atoms with Gasteiger partial charge in [0.15, 0.2) is 5.69 Å². The van der Waals surface area contributed by atoms with Gasteiger partial charge in [0.05, 0.1) is 0 Å². The van der Waals surface area contributed by atoms with Gasteiger partial charge in [-0.05, 0) is 45.0 Å². The van der Waals surface area contributed by atoms with E-state index in [2.05, 4.69) is 25.7 Å². The van der Waals surface area contributed by atoms with E-state index in [1.165, 1.54) is 19.3 Å². The molecule has 0 spiro atoms. The predicted molar refractivity (Wildman–Crippen MR) is 78.8 cm³/mol. The Morgan fingerprint density at radius 1 is 1.30 bits per heavy atom. The first kappa shape index (κ1) is 14.7. The van der Waals surface area contributed by atoms with Crippen LogP contribution in [0, 0.1) is 0 Å². The highest BCUT2D eigenvalue weighted by Gasteiger charge is 2.16. The van der Waals surface area contributed by atoms with Crippen molar-refractivity contribution < 1.29 is 4.79 Å². The topological polar surface area (TPSA) is 70.2 Å². The first-order chi connectivity index (χ1) is 9.69. The Morgan fingerprint density at radius 3 is 2.65 bits per heavy atom. The normalized spacial score (nSPS) is 17.5. The number of amides is 1. The summed E-state index contributed by atoms with van der Waals surface area (Å²) in [5.74, 6) is 0.493. The van der Waals surface area contributed by atoms with Gasteiger partial charge in [0.25, 0.3) is 5.91 Å². The van der Waals surface area contributed by atoms with E-state index in [9.17, 15) is 4.79 Å². The highest BCUT2D eigenvalue weighted by Crippen LogP contribution is 2.09. The van der Waals surface area contributed by atoms with Crippen molar-refractivity contribution >= 4 is 11.7 Å². The van der Waals surface area contributed by atoms with Crippen LogP contribution in [-0.4, -0.2) is 53.7 Å². The number of nitrogens with zero attached hydrogens (tertiary/aromatic N) is 3. The zero-order valence-electron chi connectivity index (χ0n) is 12.2. The van der Waals surface area contributed by atoms with Crippen LogP contribution in [0.4, 0.5) is 5.82 Å². The smallest absolute Gasteiger partial charge is 0.272 e. The van der Waals surface area contributed by atoms with Crippen LogP contribution >= 0.6 is 0 Å². The minimum absolute atomic E-state index is 0.117. The standard InChI is InChI=1S/C14H23N5O/c1-11(10-19-8-4-3-5-9-19)16-14(20)12-6-7-13(15-2)18-17-12/h6-7,11H,3-5,8-10H2,1-2H3,(H,15,18)(H,16,20). The first-order valence-electron chi connectivity index (χ1n) is 7.23. The molecule has 1 atom stereocenters. The van der Waals surface area contributed by atoms with E-state index >= 15 is 0 Å². The molecule has 1 saturated heterocycles. The molecule has 6 heteroatoms. The number of hydrogen-bond acceptors (Lipinski definition) is 5. The Hall–Kier alpha value is -1.69. The van der Waals surface area contributed by atoms with Gasteiger partial charge in [-0.2, -0.15) is 0 Å². The second-order valence-corrected chi connectivity index (χ2v) is 5.29. The van der Waals surface area contributed by atoms with Crippen molar-refractivity contribution in [2.45, 2.75) is 32.2 Å². The van der Waals surface area contributed by atoms with E-state index in [1.54, 1.807) is 19.2 Å². The molecule has 6 nitrogen and oxygen atoms in total. The van der Waals surface area contributed by atoms with Crippen LogP contribution in [0.1, 0.15) is 36.7 Å². The Morgan fingerprint density at radius 2 is 2.05 bits per heavy atom. The minimum atomic E-state index is -0.162. The lowest BCUT2D eigenvalue weighted by molar-refractivity contribution is 0.0919. The summed E-state index contributed by atoms with van der Waals surface area (Å²) in [6.45, 7) is 5.20. The van der Waals surface area contributed by atoms with Crippen molar-refractivity contribution in [1.82, 2.24) is 20.4 Å². The summed E-state index contributed by atoms with van der Waals surface area (Å²) < 4.78 is 0. The van der Waals surface area contributed by atoms with Crippen LogP contribution in [0.25, 0.3) is 0 Å². The van der Waals surface area contributed by atoms with Crippen molar-refractivity contribution in [3.63, 3.8) is 0 Å². The van der Waals surface area contributed by atoms with E-state index in [0.717, 1.165) is 19.6 Å². The van der Waals surface area contributed by atoms with E-state index in [1.807, 2.05) is 6.92 Å². The molecule has 2 heterocycles. The van der Waals surface area contributed by atoms with Crippen LogP contribution in [-0.2, 0) is 0 Å². The third-order valence-corrected chi connectivity index (χ3v) is 3.51. The van der Waals surface area contributed by atoms with Crippen molar-refractivity contribution in [2.75, 3.05) is 32.0 Å². The molecule has 0 aromatic carbocycles. The lowest BCUT2D eigenvalue weighted by atomic mass is 10.1. The molecule has 1 aliphatic heterocycles. The number of nitrogens with one attached hydrogen (secondary N) is 2. The summed E-state index contributed by atoms with van der Waals surface area (Å²) in [6, 6.07) is 3.55. The summed E-state index contributed by atoms with van der Waals surface area (Å²) in [5.41, 5.74) is 0.356. The summed E-state index contributed by atoms with van der Waals surface area (Å²) in [7, 11) is 1.77. The maximum atomic E-state index is 12.0. The molecule has 1 aromatic heterocycles. The second kappa shape index (κ2) is 7.19. The molecule has 1 fully saturated rings. The Bertz CT molecular complexity index is 428. The van der Waals surface area contributed by atoms with Crippen LogP contribution in [0.2, 0.25) is 0 Å². The van der Waals surface area contributed by atoms with E-state index < -0.39 is 0 Å². The zero-order valence-corrected chi connectivity index (χ0v) is 12.2. The number of piperidine rings is 1. The quantitative estimate of drug-likeness (QED) is 0.844. The average Bonchev–Trinajstić information content (AvgIpc) is 2.48. The van der Waals surface area contributed by atoms with E-state index in [-0.39, 0.29) is 11.9 Å². The molecule has 2 rings (SSSR count). The van der Waals surface area contributed by atoms with Crippen molar-refractivity contribution in [3.05, 3.63) is 17.8 Å². The molecule has 1 amide bonds. The first-order valence-corrected chi connectivity index (χ1v) is 7.23. The summed E-state index contributed by atoms with van der Waals surface area (Å²) >= 11 is 0. The monoisotopic (exact) mass is 277 g/mol. The number of carbonyl (C=O) groups is 1. The fourth-order valence-corrected chi connectivity index (χ4v) is 2.46. The molecular formula is C14H23N5O. The van der Waals surface area contributed by atoms with Crippen LogP contribution in [0.15, 0.2) is 12.1 Å². The Balaban J connectivity index is 1.82. The Kier molecular flexibility index (Phi) is 5.29. The average molecular weight is 277 g/mol. The van der Waals surface area contributed by atoms with Gasteiger partial charge in [-0.15, -0.1) is 10.2 Å². The number of hydrogen-bond donors (Lipinski definition) is 2. The van der Waals surface area contributed by atoms with Gasteiger partial charge in [0.2, 0.25) is 0 Å². The van der Waals surface area contributed by atoms with Crippen LogP contribution in [0.3, 0.4) is 0 Å². The summed E-state index contributed by atoms with van der Waals surface area (Å²) in [6.07, 6.45) is 3.85. The summed E-state index contributed by atoms with van der Waals surface area (Å²) in [5, 5.41) is 13.7. The van der Waals surface area contributed by atoms with Crippen molar-refractivity contribution in [3.8, 4) is 0 Å². The number of anilines is 1. The third-order valence-electron chi connectivity index (χ3n) is 3.51. The molecular weight excluding hydrogens is 254 g/mol. The van der Waals surface area contributed by atoms with Crippen LogP contribution < -0.4 is 10.6 Å². The fraction of sp³-hybridized carbons (Fsp3) is 0.643. The molecule has 1 aromatic rings. The Labute approximate surface area is 120 Å². The zero-order chi connectivity index (χ0) is 14.4. The number of rotatable bonds is 5. The van der Waals surface area contributed by atoms with E-state index in [4.69, 9.17) is 0 Å². The van der Waals surface area contributed by atoms with Gasteiger partial charge in [0, 0.05) is 19.6 Å². The minimum Gasteiger partial charge on any atom is -0.372 e. The lowest BCUT2D eigenvalue weighted by Crippen LogP contribution is -2.43. The largest absolute Gasteiger partial charge is 0.372 e. The lowest BCUT2D eigenvalue weighted by Gasteiger charge is -2.29. The molecule has 1 unspecified atom stereocenters. The maximum Gasteiger partial charge on any atom is 0.272 e. The molecule has 1 aliphatic rings. The maximum absolute atomic E-state index is 12.0. The van der Waals surface area contributed by atoms with Gasteiger partial charge in [-0.1, -0.05) is 6.42 Å². The molecule has 0 saturated carbocycles. The molecule has 2 N–H and O–H groups in total. The highest BCUT2D eigenvalue weighted by molar-refractivity contribution is 5.92. The second-order valence-electron chi connectivity index (χ2n) is 5.29. The van der Waals surface area contributed by atoms with Gasteiger partial charge < -0.3 is 15.5 Å². The molecule has 110 valence electrons. The van der Waals surface area contributed by atoms with Gasteiger partial charge >= 0.3 is 0 Å². The van der Waals surface area contributed by atoms with Gasteiger partial charge in [0.1, 0.15) is 5.82 Å². The van der Waals surface area contributed by atoms with E-state index in [0.29, 0.717) is 11.5 Å². The van der Waals surface area contributed by atoms with Gasteiger partial charge in [-0.3, -0.25) is 4.79 Å². The SMILES string of the molecule is CNc1ccc(C(=O)NC(C)CN2CCCCC2)nn1. The number of carbonyl (C=O) groups excluding carboxylic acids is 1. The van der Waals surface area contributed by atoms with Crippen molar-refractivity contribution in [1.29, 1.82) is 0 Å². The number of aromatic nitrogens is 2. The van der Waals surface area contributed by atoms with Gasteiger partial charge in [-0.25, -0.2) is 0 Å². The summed E-state index contributed by atoms with van der Waals surface area (Å²) in [4.78, 5) is 14.5. The predicted octanol–water partition coefficient (Wildman–Crippen LogP) is 1.12. The van der Waals surface area contributed by atoms with Crippen molar-refractivity contribution in [2.24, 2.45) is 0 Å². The number of likely N-dealkylation sites (tertiary alicyclic amines) is 1.